The van der Waals surface area contributed by atoms with Gasteiger partial charge in [-0.05, 0) is 38.5 Å². The highest BCUT2D eigenvalue weighted by molar-refractivity contribution is 7.99. The van der Waals surface area contributed by atoms with Gasteiger partial charge in [-0.2, -0.15) is 11.8 Å². The standard InChI is InChI=1S/C17H35N5S/c1-14(13-22-9-7-21(3)8-10-22)12-19-17(18-2)20-15-5-6-16(11-15)23-4/h14-16H,5-13H2,1-4H3,(H2,18,19,20). The van der Waals surface area contributed by atoms with Gasteiger partial charge in [-0.25, -0.2) is 0 Å². The fraction of sp³-hybridized carbons (Fsp3) is 0.941. The average molecular weight is 342 g/mol. The average Bonchev–Trinajstić information content (AvgIpc) is 3.01. The molecule has 0 aromatic carbocycles. The van der Waals surface area contributed by atoms with Crippen LogP contribution in [-0.4, -0.2) is 86.7 Å². The van der Waals surface area contributed by atoms with Crippen molar-refractivity contribution in [2.24, 2.45) is 10.9 Å². The number of aliphatic imine (C=N–C) groups is 1. The van der Waals surface area contributed by atoms with E-state index in [0.717, 1.165) is 17.8 Å². The van der Waals surface area contributed by atoms with Gasteiger partial charge < -0.3 is 20.4 Å². The molecule has 23 heavy (non-hydrogen) atoms. The van der Waals surface area contributed by atoms with Crippen LogP contribution in [0.15, 0.2) is 4.99 Å². The third kappa shape index (κ3) is 6.51. The quantitative estimate of drug-likeness (QED) is 0.563. The van der Waals surface area contributed by atoms with E-state index in [-0.39, 0.29) is 0 Å². The fourth-order valence-corrected chi connectivity index (χ4v) is 4.28. The third-order valence-corrected chi connectivity index (χ3v) is 6.16. The highest BCUT2D eigenvalue weighted by atomic mass is 32.2. The highest BCUT2D eigenvalue weighted by Crippen LogP contribution is 2.27. The van der Waals surface area contributed by atoms with Crippen molar-refractivity contribution < 1.29 is 0 Å². The minimum absolute atomic E-state index is 0.589. The summed E-state index contributed by atoms with van der Waals surface area (Å²) >= 11 is 2.00. The van der Waals surface area contributed by atoms with Gasteiger partial charge in [0.15, 0.2) is 5.96 Å². The Bertz CT molecular complexity index is 368. The first-order valence-corrected chi connectivity index (χ1v) is 10.3. The number of nitrogens with one attached hydrogen (secondary N) is 2. The first-order valence-electron chi connectivity index (χ1n) is 9.01. The number of thioether (sulfide) groups is 1. The summed E-state index contributed by atoms with van der Waals surface area (Å²) in [6, 6.07) is 0.589. The summed E-state index contributed by atoms with van der Waals surface area (Å²) in [5.41, 5.74) is 0. The molecule has 1 aliphatic heterocycles. The molecule has 134 valence electrons. The molecule has 5 nitrogen and oxygen atoms in total. The number of likely N-dealkylation sites (N-methyl/N-ethyl adjacent to an activating group) is 1. The van der Waals surface area contributed by atoms with Crippen LogP contribution < -0.4 is 10.6 Å². The molecule has 1 heterocycles. The molecule has 2 N–H and O–H groups in total. The molecule has 0 radical (unpaired) electrons. The van der Waals surface area contributed by atoms with E-state index in [9.17, 15) is 0 Å². The van der Waals surface area contributed by atoms with Gasteiger partial charge in [0, 0.05) is 57.6 Å². The molecule has 0 amide bonds. The largest absolute Gasteiger partial charge is 0.356 e. The molecule has 3 atom stereocenters. The number of rotatable bonds is 6. The molecule has 2 aliphatic rings. The zero-order chi connectivity index (χ0) is 16.7. The second kappa shape index (κ2) is 9.74. The number of nitrogens with zero attached hydrogens (tertiary/aromatic N) is 3. The Hall–Kier alpha value is -0.460. The summed E-state index contributed by atoms with van der Waals surface area (Å²) in [4.78, 5) is 9.40. The minimum Gasteiger partial charge on any atom is -0.356 e. The van der Waals surface area contributed by atoms with E-state index in [2.05, 4.69) is 45.7 Å². The SMILES string of the molecule is CN=C(NCC(C)CN1CCN(C)CC1)NC1CCC(SC)C1. The normalized spacial score (nSPS) is 28.8. The van der Waals surface area contributed by atoms with Gasteiger partial charge in [-0.1, -0.05) is 6.92 Å². The molecule has 1 saturated carbocycles. The van der Waals surface area contributed by atoms with E-state index in [0.29, 0.717) is 12.0 Å². The lowest BCUT2D eigenvalue weighted by atomic mass is 10.1. The molecule has 2 rings (SSSR count). The van der Waals surface area contributed by atoms with Crippen LogP contribution in [0.2, 0.25) is 0 Å². The predicted octanol–water partition coefficient (Wildman–Crippen LogP) is 1.32. The van der Waals surface area contributed by atoms with E-state index < -0.39 is 0 Å². The van der Waals surface area contributed by atoms with Crippen LogP contribution in [0.1, 0.15) is 26.2 Å². The molecule has 2 fully saturated rings. The van der Waals surface area contributed by atoms with Gasteiger partial charge in [-0.15, -0.1) is 0 Å². The lowest BCUT2D eigenvalue weighted by Gasteiger charge is -2.34. The minimum atomic E-state index is 0.589. The van der Waals surface area contributed by atoms with Gasteiger partial charge in [-0.3, -0.25) is 4.99 Å². The molecular weight excluding hydrogens is 306 g/mol. The molecule has 0 aromatic heterocycles. The van der Waals surface area contributed by atoms with Gasteiger partial charge in [0.25, 0.3) is 0 Å². The first kappa shape index (κ1) is 18.9. The number of guanidine groups is 1. The van der Waals surface area contributed by atoms with Crippen LogP contribution in [0.4, 0.5) is 0 Å². The van der Waals surface area contributed by atoms with Crippen molar-refractivity contribution in [3.63, 3.8) is 0 Å². The summed E-state index contributed by atoms with van der Waals surface area (Å²) in [7, 11) is 4.09. The zero-order valence-corrected chi connectivity index (χ0v) is 16.2. The Morgan fingerprint density at radius 3 is 2.61 bits per heavy atom. The van der Waals surface area contributed by atoms with Crippen molar-refractivity contribution >= 4 is 17.7 Å². The Kier molecular flexibility index (Phi) is 7.99. The number of hydrogen-bond donors (Lipinski definition) is 2. The van der Waals surface area contributed by atoms with Gasteiger partial charge in [0.2, 0.25) is 0 Å². The van der Waals surface area contributed by atoms with E-state index in [1.807, 2.05) is 18.8 Å². The predicted molar refractivity (Wildman–Crippen MR) is 103 cm³/mol. The molecule has 6 heteroatoms. The van der Waals surface area contributed by atoms with Crippen LogP contribution in [0.5, 0.6) is 0 Å². The van der Waals surface area contributed by atoms with Gasteiger partial charge in [0.05, 0.1) is 0 Å². The van der Waals surface area contributed by atoms with Crippen LogP contribution in [-0.2, 0) is 0 Å². The van der Waals surface area contributed by atoms with Crippen molar-refractivity contribution in [1.82, 2.24) is 20.4 Å². The van der Waals surface area contributed by atoms with Crippen LogP contribution >= 0.6 is 11.8 Å². The maximum atomic E-state index is 4.40. The van der Waals surface area contributed by atoms with Crippen LogP contribution in [0.3, 0.4) is 0 Å². The van der Waals surface area contributed by atoms with Crippen LogP contribution in [0.25, 0.3) is 0 Å². The van der Waals surface area contributed by atoms with Crippen molar-refractivity contribution in [3.8, 4) is 0 Å². The smallest absolute Gasteiger partial charge is 0.191 e. The number of piperazine rings is 1. The first-order chi connectivity index (χ1) is 11.1. The Labute approximate surface area is 146 Å². The second-order valence-electron chi connectivity index (χ2n) is 7.17. The maximum absolute atomic E-state index is 4.40. The molecule has 0 aromatic rings. The summed E-state index contributed by atoms with van der Waals surface area (Å²) < 4.78 is 0. The van der Waals surface area contributed by atoms with E-state index in [4.69, 9.17) is 0 Å². The van der Waals surface area contributed by atoms with Gasteiger partial charge in [0.1, 0.15) is 0 Å². The molecule has 1 aliphatic carbocycles. The summed E-state index contributed by atoms with van der Waals surface area (Å²) in [6.45, 7) is 9.29. The molecular formula is C17H35N5S. The molecule has 3 unspecified atom stereocenters. The summed E-state index contributed by atoms with van der Waals surface area (Å²) in [5, 5.41) is 7.94. The Balaban J connectivity index is 1.64. The van der Waals surface area contributed by atoms with Crippen molar-refractivity contribution in [2.45, 2.75) is 37.5 Å². The Morgan fingerprint density at radius 2 is 2.00 bits per heavy atom. The summed E-state index contributed by atoms with van der Waals surface area (Å²) in [5.74, 6) is 1.61. The zero-order valence-electron chi connectivity index (χ0n) is 15.3. The van der Waals surface area contributed by atoms with Crippen molar-refractivity contribution in [1.29, 1.82) is 0 Å². The lowest BCUT2D eigenvalue weighted by molar-refractivity contribution is 0.139. The lowest BCUT2D eigenvalue weighted by Crippen LogP contribution is -2.48. The van der Waals surface area contributed by atoms with Crippen LogP contribution in [0, 0.1) is 5.92 Å². The molecule has 1 saturated heterocycles. The van der Waals surface area contributed by atoms with Gasteiger partial charge >= 0.3 is 0 Å². The van der Waals surface area contributed by atoms with E-state index >= 15 is 0 Å². The molecule has 0 spiro atoms. The topological polar surface area (TPSA) is 42.9 Å². The fourth-order valence-electron chi connectivity index (χ4n) is 3.48. The van der Waals surface area contributed by atoms with Crippen molar-refractivity contribution in [2.75, 3.05) is 59.6 Å². The van der Waals surface area contributed by atoms with Crippen molar-refractivity contribution in [3.05, 3.63) is 0 Å². The summed E-state index contributed by atoms with van der Waals surface area (Å²) in [6.07, 6.45) is 6.08. The molecule has 0 bridgehead atoms. The monoisotopic (exact) mass is 341 g/mol. The van der Waals surface area contributed by atoms with E-state index in [1.54, 1.807) is 0 Å². The van der Waals surface area contributed by atoms with E-state index in [1.165, 1.54) is 52.0 Å². The third-order valence-electron chi connectivity index (χ3n) is 5.07. The maximum Gasteiger partial charge on any atom is 0.191 e. The second-order valence-corrected chi connectivity index (χ2v) is 8.31. The number of hydrogen-bond acceptors (Lipinski definition) is 4. The Morgan fingerprint density at radius 1 is 1.26 bits per heavy atom. The highest BCUT2D eigenvalue weighted by Gasteiger charge is 2.24.